The van der Waals surface area contributed by atoms with Gasteiger partial charge in [0, 0.05) is 6.42 Å². The summed E-state index contributed by atoms with van der Waals surface area (Å²) in [5.41, 5.74) is -1.64. The third-order valence-electron chi connectivity index (χ3n) is 2.27. The van der Waals surface area contributed by atoms with Crippen LogP contribution in [0.15, 0.2) is 0 Å². The zero-order chi connectivity index (χ0) is 9.57. The van der Waals surface area contributed by atoms with Gasteiger partial charge >= 0.3 is 0 Å². The summed E-state index contributed by atoms with van der Waals surface area (Å²) in [6.45, 7) is 6.79. The summed E-state index contributed by atoms with van der Waals surface area (Å²) in [5.74, 6) is 0.0645. The number of Topliss-reactive ketones (excluding diaryl/α,β-unsaturated/α-hetero) is 1. The molecule has 1 aliphatic heterocycles. The summed E-state index contributed by atoms with van der Waals surface area (Å²) in [6, 6.07) is 0. The number of carbonyl (C=O) groups is 1. The predicted octanol–water partition coefficient (Wildman–Crippen LogP) is 0.894. The topological polar surface area (TPSA) is 46.5 Å². The van der Waals surface area contributed by atoms with Gasteiger partial charge in [0.25, 0.3) is 0 Å². The lowest BCUT2D eigenvalue weighted by Crippen LogP contribution is -2.37. The van der Waals surface area contributed by atoms with Crippen LogP contribution in [0.2, 0.25) is 0 Å². The summed E-state index contributed by atoms with van der Waals surface area (Å²) in [7, 11) is 0. The number of carbonyl (C=O) groups excluding carboxylic acids is 1. The number of aliphatic hydroxyl groups is 1. The van der Waals surface area contributed by atoms with E-state index in [-0.39, 0.29) is 11.9 Å². The fourth-order valence-electron chi connectivity index (χ4n) is 1.27. The third kappa shape index (κ3) is 1.67. The highest BCUT2D eigenvalue weighted by atomic mass is 16.5. The van der Waals surface area contributed by atoms with Gasteiger partial charge in [-0.05, 0) is 27.7 Å². The van der Waals surface area contributed by atoms with Crippen LogP contribution in [-0.2, 0) is 9.53 Å². The van der Waals surface area contributed by atoms with E-state index in [1.807, 2.05) is 0 Å². The standard InChI is InChI=1S/C9H16O3/c1-8(2,11)7-5-6(10)9(3,4)12-7/h7,11H,5H2,1-4H3. The lowest BCUT2D eigenvalue weighted by molar-refractivity contribution is -0.136. The van der Waals surface area contributed by atoms with Gasteiger partial charge in [0.05, 0.1) is 11.7 Å². The Balaban J connectivity index is 2.74. The highest BCUT2D eigenvalue weighted by Crippen LogP contribution is 2.31. The van der Waals surface area contributed by atoms with Crippen molar-refractivity contribution in [2.24, 2.45) is 0 Å². The van der Waals surface area contributed by atoms with E-state index in [1.54, 1.807) is 27.7 Å². The Morgan fingerprint density at radius 1 is 1.58 bits per heavy atom. The Kier molecular flexibility index (Phi) is 2.05. The molecule has 0 bridgehead atoms. The van der Waals surface area contributed by atoms with Crippen LogP contribution in [0.25, 0.3) is 0 Å². The maximum atomic E-state index is 11.3. The molecule has 1 fully saturated rings. The molecular formula is C9H16O3. The molecule has 0 aromatic heterocycles. The molecule has 0 radical (unpaired) electrons. The van der Waals surface area contributed by atoms with E-state index in [0.29, 0.717) is 6.42 Å². The molecule has 1 rings (SSSR count). The minimum Gasteiger partial charge on any atom is -0.388 e. The Morgan fingerprint density at radius 3 is 2.25 bits per heavy atom. The van der Waals surface area contributed by atoms with Crippen LogP contribution in [0.1, 0.15) is 34.1 Å². The summed E-state index contributed by atoms with van der Waals surface area (Å²) in [6.07, 6.45) is -0.0451. The third-order valence-corrected chi connectivity index (χ3v) is 2.27. The minimum atomic E-state index is -0.927. The average Bonchev–Trinajstić information content (AvgIpc) is 2.06. The van der Waals surface area contributed by atoms with Gasteiger partial charge in [0.2, 0.25) is 0 Å². The van der Waals surface area contributed by atoms with Gasteiger partial charge in [0.1, 0.15) is 5.60 Å². The number of ether oxygens (including phenoxy) is 1. The summed E-state index contributed by atoms with van der Waals surface area (Å²) >= 11 is 0. The number of hydrogen-bond donors (Lipinski definition) is 1. The summed E-state index contributed by atoms with van der Waals surface area (Å²) < 4.78 is 5.43. The maximum absolute atomic E-state index is 11.3. The minimum absolute atomic E-state index is 0.0645. The van der Waals surface area contributed by atoms with E-state index in [9.17, 15) is 9.90 Å². The van der Waals surface area contributed by atoms with E-state index in [4.69, 9.17) is 4.74 Å². The Bertz CT molecular complexity index is 200. The molecule has 12 heavy (non-hydrogen) atoms. The van der Waals surface area contributed by atoms with E-state index in [0.717, 1.165) is 0 Å². The van der Waals surface area contributed by atoms with Crippen molar-refractivity contribution in [3.8, 4) is 0 Å². The predicted molar refractivity (Wildman–Crippen MR) is 44.9 cm³/mol. The average molecular weight is 172 g/mol. The van der Waals surface area contributed by atoms with Crippen molar-refractivity contribution in [3.05, 3.63) is 0 Å². The van der Waals surface area contributed by atoms with Crippen LogP contribution in [-0.4, -0.2) is 28.2 Å². The van der Waals surface area contributed by atoms with Crippen LogP contribution in [0.4, 0.5) is 0 Å². The van der Waals surface area contributed by atoms with E-state index in [1.165, 1.54) is 0 Å². The van der Waals surface area contributed by atoms with Gasteiger partial charge in [-0.3, -0.25) is 4.79 Å². The molecule has 70 valence electrons. The second kappa shape index (κ2) is 2.54. The molecule has 0 aliphatic carbocycles. The highest BCUT2D eigenvalue weighted by molar-refractivity contribution is 5.88. The number of ketones is 1. The van der Waals surface area contributed by atoms with Crippen molar-refractivity contribution in [2.75, 3.05) is 0 Å². The molecule has 1 unspecified atom stereocenters. The number of rotatable bonds is 1. The first kappa shape index (κ1) is 9.68. The van der Waals surface area contributed by atoms with Gasteiger partial charge in [-0.2, -0.15) is 0 Å². The largest absolute Gasteiger partial charge is 0.388 e. The molecule has 1 saturated heterocycles. The van der Waals surface area contributed by atoms with Crippen LogP contribution in [0, 0.1) is 0 Å². The van der Waals surface area contributed by atoms with Crippen molar-refractivity contribution < 1.29 is 14.6 Å². The molecule has 0 spiro atoms. The molecule has 3 nitrogen and oxygen atoms in total. The molecule has 1 heterocycles. The smallest absolute Gasteiger partial charge is 0.166 e. The van der Waals surface area contributed by atoms with Crippen molar-refractivity contribution in [1.82, 2.24) is 0 Å². The zero-order valence-corrected chi connectivity index (χ0v) is 8.05. The van der Waals surface area contributed by atoms with E-state index in [2.05, 4.69) is 0 Å². The molecule has 3 heteroatoms. The molecule has 0 amide bonds. The van der Waals surface area contributed by atoms with Crippen molar-refractivity contribution in [1.29, 1.82) is 0 Å². The van der Waals surface area contributed by atoms with Gasteiger partial charge in [-0.1, -0.05) is 0 Å². The SMILES string of the molecule is CC1(C)OC(C(C)(C)O)CC1=O. The fraction of sp³-hybridized carbons (Fsp3) is 0.889. The lowest BCUT2D eigenvalue weighted by atomic mass is 9.97. The quantitative estimate of drug-likeness (QED) is 0.639. The second-order valence-electron chi connectivity index (χ2n) is 4.40. The van der Waals surface area contributed by atoms with Gasteiger partial charge < -0.3 is 9.84 Å². The van der Waals surface area contributed by atoms with Crippen molar-refractivity contribution in [2.45, 2.75) is 51.4 Å². The monoisotopic (exact) mass is 172 g/mol. The van der Waals surface area contributed by atoms with E-state index < -0.39 is 11.2 Å². The van der Waals surface area contributed by atoms with Crippen molar-refractivity contribution >= 4 is 5.78 Å². The van der Waals surface area contributed by atoms with Gasteiger partial charge in [-0.25, -0.2) is 0 Å². The molecular weight excluding hydrogens is 156 g/mol. The lowest BCUT2D eigenvalue weighted by Gasteiger charge is -2.26. The molecule has 1 aliphatic rings. The Hall–Kier alpha value is -0.410. The molecule has 0 aromatic carbocycles. The normalized spacial score (nSPS) is 29.4. The summed E-state index contributed by atoms with van der Waals surface area (Å²) in [4.78, 5) is 11.3. The first-order chi connectivity index (χ1) is 5.23. The highest BCUT2D eigenvalue weighted by Gasteiger charge is 2.45. The first-order valence-electron chi connectivity index (χ1n) is 4.17. The maximum Gasteiger partial charge on any atom is 0.166 e. The second-order valence-corrected chi connectivity index (χ2v) is 4.40. The fourth-order valence-corrected chi connectivity index (χ4v) is 1.27. The van der Waals surface area contributed by atoms with Crippen LogP contribution < -0.4 is 0 Å². The zero-order valence-electron chi connectivity index (χ0n) is 8.05. The van der Waals surface area contributed by atoms with Crippen LogP contribution in [0.5, 0.6) is 0 Å². The molecule has 1 atom stereocenters. The van der Waals surface area contributed by atoms with Gasteiger partial charge in [0.15, 0.2) is 5.78 Å². The summed E-state index contributed by atoms with van der Waals surface area (Å²) in [5, 5.41) is 9.59. The van der Waals surface area contributed by atoms with Crippen LogP contribution in [0.3, 0.4) is 0 Å². The Morgan fingerprint density at radius 2 is 2.08 bits per heavy atom. The van der Waals surface area contributed by atoms with E-state index >= 15 is 0 Å². The molecule has 0 saturated carbocycles. The van der Waals surface area contributed by atoms with Crippen LogP contribution >= 0.6 is 0 Å². The number of hydrogen-bond acceptors (Lipinski definition) is 3. The molecule has 1 N–H and O–H groups in total. The Labute approximate surface area is 72.7 Å². The van der Waals surface area contributed by atoms with Gasteiger partial charge in [-0.15, -0.1) is 0 Å². The first-order valence-corrected chi connectivity index (χ1v) is 4.17. The molecule has 0 aromatic rings. The van der Waals surface area contributed by atoms with Crippen molar-refractivity contribution in [3.63, 3.8) is 0 Å².